The van der Waals surface area contributed by atoms with Gasteiger partial charge in [0.2, 0.25) is 0 Å². The highest BCUT2D eigenvalue weighted by Crippen LogP contribution is 2.24. The molecule has 0 fully saturated rings. The molecule has 0 aromatic heterocycles. The number of esters is 1. The van der Waals surface area contributed by atoms with Gasteiger partial charge in [-0.2, -0.15) is 0 Å². The van der Waals surface area contributed by atoms with E-state index in [1.54, 1.807) is 38.1 Å². The fourth-order valence-corrected chi connectivity index (χ4v) is 2.07. The summed E-state index contributed by atoms with van der Waals surface area (Å²) < 4.78 is 4.76. The number of nitrogens with zero attached hydrogens (tertiary/aromatic N) is 1. The molecule has 1 aliphatic rings. The van der Waals surface area contributed by atoms with Gasteiger partial charge in [0, 0.05) is 6.08 Å². The summed E-state index contributed by atoms with van der Waals surface area (Å²) in [5, 5.41) is 0. The van der Waals surface area contributed by atoms with E-state index in [9.17, 15) is 14.4 Å². The van der Waals surface area contributed by atoms with Crippen LogP contribution in [-0.4, -0.2) is 35.3 Å². The lowest BCUT2D eigenvalue weighted by Crippen LogP contribution is -2.36. The molecule has 104 valence electrons. The number of hydrogen-bond donors (Lipinski definition) is 0. The Kier molecular flexibility index (Phi) is 3.98. The van der Waals surface area contributed by atoms with Crippen LogP contribution in [0, 0.1) is 0 Å². The van der Waals surface area contributed by atoms with E-state index < -0.39 is 12.0 Å². The number of ether oxygens (including phenoxy) is 1. The van der Waals surface area contributed by atoms with Crippen molar-refractivity contribution in [2.75, 3.05) is 6.61 Å². The molecule has 1 aromatic carbocycles. The van der Waals surface area contributed by atoms with Gasteiger partial charge < -0.3 is 4.74 Å². The standard InChI is InChI=1S/C15H15NO4/c1-3-20-13(17)9-8-10(2)16-14(18)11-6-4-5-7-12(11)15(16)19/h4-10H,3H2,1-2H3. The van der Waals surface area contributed by atoms with Gasteiger partial charge in [0.15, 0.2) is 0 Å². The number of benzene rings is 1. The molecule has 0 aliphatic carbocycles. The third kappa shape index (κ3) is 2.47. The summed E-state index contributed by atoms with van der Waals surface area (Å²) in [5.74, 6) is -1.17. The molecule has 1 atom stereocenters. The fraction of sp³-hybridized carbons (Fsp3) is 0.267. The largest absolute Gasteiger partial charge is 0.463 e. The summed E-state index contributed by atoms with van der Waals surface area (Å²) in [4.78, 5) is 36.7. The minimum Gasteiger partial charge on any atom is -0.463 e. The Labute approximate surface area is 116 Å². The second-order valence-electron chi connectivity index (χ2n) is 4.38. The summed E-state index contributed by atoms with van der Waals surface area (Å²) in [6.07, 6.45) is 2.72. The van der Waals surface area contributed by atoms with Crippen molar-refractivity contribution in [3.8, 4) is 0 Å². The van der Waals surface area contributed by atoms with Gasteiger partial charge in [0.25, 0.3) is 11.8 Å². The normalized spacial score (nSPS) is 15.6. The number of fused-ring (bicyclic) bond motifs is 1. The molecular weight excluding hydrogens is 258 g/mol. The van der Waals surface area contributed by atoms with Crippen LogP contribution in [0.5, 0.6) is 0 Å². The average Bonchev–Trinajstić information content (AvgIpc) is 2.69. The molecule has 2 amide bonds. The number of rotatable bonds is 4. The Morgan fingerprint density at radius 2 is 1.80 bits per heavy atom. The SMILES string of the molecule is CCOC(=O)C=CC(C)N1C(=O)c2ccccc2C1=O. The van der Waals surface area contributed by atoms with E-state index in [1.807, 2.05) is 0 Å². The van der Waals surface area contributed by atoms with Crippen molar-refractivity contribution in [3.63, 3.8) is 0 Å². The van der Waals surface area contributed by atoms with Gasteiger partial charge in [-0.15, -0.1) is 0 Å². The number of carbonyl (C=O) groups is 3. The van der Waals surface area contributed by atoms with Crippen LogP contribution in [0.3, 0.4) is 0 Å². The maximum absolute atomic E-state index is 12.2. The smallest absolute Gasteiger partial charge is 0.330 e. The van der Waals surface area contributed by atoms with Crippen LogP contribution in [0.15, 0.2) is 36.4 Å². The average molecular weight is 273 g/mol. The molecule has 20 heavy (non-hydrogen) atoms. The Bertz CT molecular complexity index is 556. The van der Waals surface area contributed by atoms with Crippen molar-refractivity contribution >= 4 is 17.8 Å². The van der Waals surface area contributed by atoms with Crippen LogP contribution in [0.25, 0.3) is 0 Å². The molecule has 0 spiro atoms. The third-order valence-corrected chi connectivity index (χ3v) is 3.03. The van der Waals surface area contributed by atoms with Crippen LogP contribution >= 0.6 is 0 Å². The van der Waals surface area contributed by atoms with Crippen molar-refractivity contribution < 1.29 is 19.1 Å². The van der Waals surface area contributed by atoms with E-state index in [-0.39, 0.29) is 18.4 Å². The molecule has 5 heteroatoms. The molecule has 0 bridgehead atoms. The molecule has 1 unspecified atom stereocenters. The number of amides is 2. The third-order valence-electron chi connectivity index (χ3n) is 3.03. The van der Waals surface area contributed by atoms with E-state index >= 15 is 0 Å². The first-order chi connectivity index (χ1) is 9.56. The molecule has 0 saturated carbocycles. The summed E-state index contributed by atoms with van der Waals surface area (Å²) >= 11 is 0. The first-order valence-electron chi connectivity index (χ1n) is 6.38. The minimum absolute atomic E-state index is 0.282. The molecular formula is C15H15NO4. The van der Waals surface area contributed by atoms with Gasteiger partial charge >= 0.3 is 5.97 Å². The molecule has 0 radical (unpaired) electrons. The van der Waals surface area contributed by atoms with Crippen LogP contribution in [0.2, 0.25) is 0 Å². The van der Waals surface area contributed by atoms with E-state index in [4.69, 9.17) is 4.74 Å². The summed E-state index contributed by atoms with van der Waals surface area (Å²) in [7, 11) is 0. The minimum atomic E-state index is -0.508. The van der Waals surface area contributed by atoms with Gasteiger partial charge in [-0.1, -0.05) is 18.2 Å². The van der Waals surface area contributed by atoms with E-state index in [0.717, 1.165) is 4.90 Å². The van der Waals surface area contributed by atoms with E-state index in [0.29, 0.717) is 11.1 Å². The maximum atomic E-state index is 12.2. The van der Waals surface area contributed by atoms with Gasteiger partial charge in [0.05, 0.1) is 23.8 Å². The van der Waals surface area contributed by atoms with Crippen molar-refractivity contribution in [2.24, 2.45) is 0 Å². The Morgan fingerprint density at radius 1 is 1.25 bits per heavy atom. The van der Waals surface area contributed by atoms with Crippen molar-refractivity contribution in [2.45, 2.75) is 19.9 Å². The fourth-order valence-electron chi connectivity index (χ4n) is 2.07. The monoisotopic (exact) mass is 273 g/mol. The lowest BCUT2D eigenvalue weighted by Gasteiger charge is -2.19. The van der Waals surface area contributed by atoms with Crippen molar-refractivity contribution in [1.29, 1.82) is 0 Å². The summed E-state index contributed by atoms with van der Waals surface area (Å²) in [5.41, 5.74) is 0.794. The molecule has 0 saturated heterocycles. The zero-order chi connectivity index (χ0) is 14.7. The van der Waals surface area contributed by atoms with Gasteiger partial charge in [-0.05, 0) is 26.0 Å². The first kappa shape index (κ1) is 14.0. The van der Waals surface area contributed by atoms with Crippen LogP contribution in [0.1, 0.15) is 34.6 Å². The van der Waals surface area contributed by atoms with Crippen LogP contribution < -0.4 is 0 Å². The van der Waals surface area contributed by atoms with Crippen LogP contribution in [0.4, 0.5) is 0 Å². The Balaban J connectivity index is 2.17. The highest BCUT2D eigenvalue weighted by Gasteiger charge is 2.37. The Morgan fingerprint density at radius 3 is 2.30 bits per heavy atom. The second kappa shape index (κ2) is 5.69. The summed E-state index contributed by atoms with van der Waals surface area (Å²) in [6, 6.07) is 6.17. The van der Waals surface area contributed by atoms with Crippen LogP contribution in [-0.2, 0) is 9.53 Å². The summed E-state index contributed by atoms with van der Waals surface area (Å²) in [6.45, 7) is 3.67. The topological polar surface area (TPSA) is 63.7 Å². The molecule has 5 nitrogen and oxygen atoms in total. The quantitative estimate of drug-likeness (QED) is 0.476. The molecule has 1 aliphatic heterocycles. The molecule has 2 rings (SSSR count). The lowest BCUT2D eigenvalue weighted by atomic mass is 10.1. The zero-order valence-electron chi connectivity index (χ0n) is 11.3. The Hall–Kier alpha value is -2.43. The zero-order valence-corrected chi connectivity index (χ0v) is 11.3. The number of carbonyl (C=O) groups excluding carboxylic acids is 3. The molecule has 0 N–H and O–H groups in total. The van der Waals surface area contributed by atoms with Crippen molar-refractivity contribution in [1.82, 2.24) is 4.90 Å². The van der Waals surface area contributed by atoms with Gasteiger partial charge in [-0.3, -0.25) is 14.5 Å². The predicted octanol–water partition coefficient (Wildman–Crippen LogP) is 1.79. The maximum Gasteiger partial charge on any atom is 0.330 e. The van der Waals surface area contributed by atoms with E-state index in [2.05, 4.69) is 0 Å². The highest BCUT2D eigenvalue weighted by atomic mass is 16.5. The van der Waals surface area contributed by atoms with Gasteiger partial charge in [0.1, 0.15) is 0 Å². The number of hydrogen-bond acceptors (Lipinski definition) is 4. The molecule has 1 heterocycles. The van der Waals surface area contributed by atoms with E-state index in [1.165, 1.54) is 12.2 Å². The lowest BCUT2D eigenvalue weighted by molar-refractivity contribution is -0.137. The van der Waals surface area contributed by atoms with Crippen molar-refractivity contribution in [3.05, 3.63) is 47.5 Å². The highest BCUT2D eigenvalue weighted by molar-refractivity contribution is 6.21. The molecule has 1 aromatic rings. The predicted molar refractivity (Wildman–Crippen MR) is 72.2 cm³/mol. The van der Waals surface area contributed by atoms with Gasteiger partial charge in [-0.25, -0.2) is 4.79 Å². The second-order valence-corrected chi connectivity index (χ2v) is 4.38. The first-order valence-corrected chi connectivity index (χ1v) is 6.38. The number of imide groups is 1.